The van der Waals surface area contributed by atoms with E-state index in [1.165, 1.54) is 6.29 Å². The molecule has 4 aliphatic carbocycles. The van der Waals surface area contributed by atoms with E-state index in [0.717, 1.165) is 30.4 Å². The lowest BCUT2D eigenvalue weighted by Gasteiger charge is -2.58. The van der Waals surface area contributed by atoms with Crippen LogP contribution in [0.15, 0.2) is 42.0 Å². The second-order valence-electron chi connectivity index (χ2n) is 11.9. The quantitative estimate of drug-likeness (QED) is 0.222. The van der Waals surface area contributed by atoms with Crippen molar-refractivity contribution in [2.24, 2.45) is 45.8 Å². The molecule has 4 bridgehead atoms. The van der Waals surface area contributed by atoms with E-state index in [9.17, 15) is 14.7 Å². The average Bonchev–Trinajstić information content (AvgIpc) is 3.43. The summed E-state index contributed by atoms with van der Waals surface area (Å²) in [7, 11) is 0. The van der Waals surface area contributed by atoms with Crippen molar-refractivity contribution < 1.29 is 24.2 Å². The van der Waals surface area contributed by atoms with Crippen LogP contribution in [-0.2, 0) is 25.7 Å². The molecule has 0 heterocycles. The van der Waals surface area contributed by atoms with Crippen LogP contribution in [0.25, 0.3) is 0 Å². The first-order valence-electron chi connectivity index (χ1n) is 13.5. The molecule has 3 saturated carbocycles. The Balaban J connectivity index is 1.62. The second kappa shape index (κ2) is 9.15. The Morgan fingerprint density at radius 2 is 1.97 bits per heavy atom. The molecule has 35 heavy (non-hydrogen) atoms. The number of carbonyl (C=O) groups excluding carboxylic acids is 2. The number of allylic oxidation sites excluding steroid dienone is 1. The van der Waals surface area contributed by atoms with Crippen molar-refractivity contribution in [2.45, 2.75) is 59.5 Å². The fourth-order valence-electron chi connectivity index (χ4n) is 8.86. The molecule has 0 amide bonds. The van der Waals surface area contributed by atoms with Crippen LogP contribution in [0.1, 0.15) is 58.4 Å². The molecule has 0 unspecified atom stereocenters. The molecular weight excluding hydrogens is 440 g/mol. The van der Waals surface area contributed by atoms with Crippen molar-refractivity contribution in [3.63, 3.8) is 0 Å². The maximum Gasteiger partial charge on any atom is 0.318 e. The monoisotopic (exact) mass is 480 g/mol. The van der Waals surface area contributed by atoms with Gasteiger partial charge in [0, 0.05) is 18.6 Å². The lowest BCUT2D eigenvalue weighted by atomic mass is 9.43. The predicted molar refractivity (Wildman–Crippen MR) is 133 cm³/mol. The number of benzene rings is 1. The largest absolute Gasteiger partial charge is 0.460 e. The molecule has 0 aliphatic heterocycles. The van der Waals surface area contributed by atoms with Gasteiger partial charge in [0.2, 0.25) is 0 Å². The van der Waals surface area contributed by atoms with Gasteiger partial charge in [-0.3, -0.25) is 4.79 Å². The summed E-state index contributed by atoms with van der Waals surface area (Å²) in [6.45, 7) is 7.76. The summed E-state index contributed by atoms with van der Waals surface area (Å²) in [5, 5.41) is 9.31. The minimum Gasteiger partial charge on any atom is -0.460 e. The topological polar surface area (TPSA) is 72.8 Å². The maximum atomic E-state index is 14.5. The molecule has 3 fully saturated rings. The van der Waals surface area contributed by atoms with E-state index in [2.05, 4.69) is 26.8 Å². The molecule has 7 atom stereocenters. The number of aliphatic hydroxyl groups excluding tert-OH is 1. The molecule has 4 aliphatic rings. The van der Waals surface area contributed by atoms with Crippen LogP contribution in [0.2, 0.25) is 0 Å². The Morgan fingerprint density at radius 1 is 1.20 bits per heavy atom. The van der Waals surface area contributed by atoms with Gasteiger partial charge in [0.25, 0.3) is 0 Å². The highest BCUT2D eigenvalue weighted by atomic mass is 16.5. The number of rotatable bonds is 10. The van der Waals surface area contributed by atoms with Crippen LogP contribution >= 0.6 is 0 Å². The smallest absolute Gasteiger partial charge is 0.318 e. The number of ether oxygens (including phenoxy) is 2. The highest BCUT2D eigenvalue weighted by molar-refractivity contribution is 5.91. The van der Waals surface area contributed by atoms with E-state index >= 15 is 0 Å². The molecular formula is C30H40O5. The minimum atomic E-state index is -0.986. The summed E-state index contributed by atoms with van der Waals surface area (Å²) in [6.07, 6.45) is 7.76. The third-order valence-corrected chi connectivity index (χ3v) is 10.1. The Bertz CT molecular complexity index is 986. The van der Waals surface area contributed by atoms with Gasteiger partial charge in [-0.25, -0.2) is 0 Å². The molecule has 0 radical (unpaired) electrons. The fourth-order valence-corrected chi connectivity index (χ4v) is 8.86. The second-order valence-corrected chi connectivity index (χ2v) is 11.9. The van der Waals surface area contributed by atoms with E-state index < -0.39 is 16.2 Å². The number of aldehydes is 1. The number of fused-ring (bicyclic) bond motifs is 2. The van der Waals surface area contributed by atoms with E-state index in [-0.39, 0.29) is 36.9 Å². The molecule has 0 saturated heterocycles. The van der Waals surface area contributed by atoms with Gasteiger partial charge in [-0.1, -0.05) is 69.2 Å². The highest BCUT2D eigenvalue weighted by Gasteiger charge is 2.84. The van der Waals surface area contributed by atoms with Crippen LogP contribution in [-0.4, -0.2) is 37.2 Å². The van der Waals surface area contributed by atoms with Crippen LogP contribution in [0, 0.1) is 45.8 Å². The number of carbonyl (C=O) groups is 2. The Hall–Kier alpha value is -1.98. The molecule has 1 aromatic carbocycles. The summed E-state index contributed by atoms with van der Waals surface area (Å²) in [5.41, 5.74) is -0.169. The first-order valence-corrected chi connectivity index (χ1v) is 13.5. The van der Waals surface area contributed by atoms with E-state index in [1.54, 1.807) is 0 Å². The van der Waals surface area contributed by atoms with Crippen LogP contribution in [0.4, 0.5) is 0 Å². The Kier molecular flexibility index (Phi) is 6.46. The Labute approximate surface area is 209 Å². The third-order valence-electron chi connectivity index (χ3n) is 10.1. The summed E-state index contributed by atoms with van der Waals surface area (Å²) in [4.78, 5) is 27.9. The molecule has 0 spiro atoms. The van der Waals surface area contributed by atoms with Gasteiger partial charge in [-0.15, -0.1) is 0 Å². The van der Waals surface area contributed by atoms with Crippen molar-refractivity contribution in [2.75, 3.05) is 19.8 Å². The maximum absolute atomic E-state index is 14.5. The average molecular weight is 481 g/mol. The zero-order valence-electron chi connectivity index (χ0n) is 21.4. The van der Waals surface area contributed by atoms with Gasteiger partial charge in [0.15, 0.2) is 0 Å². The fraction of sp³-hybridized carbons (Fsp3) is 0.667. The van der Waals surface area contributed by atoms with Crippen molar-refractivity contribution in [3.05, 3.63) is 47.5 Å². The standard InChI is InChI=1S/C30H40O5/c1-20(2)26-14-23-15-28(18-32)25-11-10-21(3)24(25)16-29(23,19-34-13-7-12-31)30(26,28)27(33)35-17-22-8-5-4-6-9-22/h4-6,8-9,14,18,20-21,23-25,31H,7,10-13,15-17,19H2,1-3H3/t21-,23+,24-,25-,28+,29+,30+/m0/s1. The van der Waals surface area contributed by atoms with Crippen molar-refractivity contribution in [1.82, 2.24) is 0 Å². The molecule has 0 aromatic heterocycles. The van der Waals surface area contributed by atoms with Crippen LogP contribution in [0.3, 0.4) is 0 Å². The molecule has 5 rings (SSSR count). The van der Waals surface area contributed by atoms with Gasteiger partial charge in [-0.2, -0.15) is 0 Å². The van der Waals surface area contributed by atoms with E-state index in [4.69, 9.17) is 9.47 Å². The van der Waals surface area contributed by atoms with Gasteiger partial charge >= 0.3 is 5.97 Å². The number of hydrogen-bond acceptors (Lipinski definition) is 5. The lowest BCUT2D eigenvalue weighted by molar-refractivity contribution is -0.193. The molecule has 1 aromatic rings. The molecule has 5 heteroatoms. The molecule has 190 valence electrons. The minimum absolute atomic E-state index is 0.0796. The number of esters is 1. The van der Waals surface area contributed by atoms with E-state index in [0.29, 0.717) is 37.9 Å². The summed E-state index contributed by atoms with van der Waals surface area (Å²) < 4.78 is 12.4. The van der Waals surface area contributed by atoms with E-state index in [1.807, 2.05) is 30.3 Å². The number of hydrogen-bond donors (Lipinski definition) is 1. The summed E-state index contributed by atoms with van der Waals surface area (Å²) >= 11 is 0. The third kappa shape index (κ3) is 3.26. The van der Waals surface area contributed by atoms with Gasteiger partial charge in [0.05, 0.1) is 12.0 Å². The zero-order valence-corrected chi connectivity index (χ0v) is 21.4. The lowest BCUT2D eigenvalue weighted by Crippen LogP contribution is -2.64. The molecule has 5 nitrogen and oxygen atoms in total. The summed E-state index contributed by atoms with van der Waals surface area (Å²) in [6, 6.07) is 9.79. The first kappa shape index (κ1) is 24.7. The molecule has 1 N–H and O–H groups in total. The normalized spacial score (nSPS) is 38.9. The zero-order chi connectivity index (χ0) is 24.8. The van der Waals surface area contributed by atoms with Crippen LogP contribution in [0.5, 0.6) is 0 Å². The Morgan fingerprint density at radius 3 is 2.66 bits per heavy atom. The van der Waals surface area contributed by atoms with Crippen molar-refractivity contribution >= 4 is 12.3 Å². The summed E-state index contributed by atoms with van der Waals surface area (Å²) in [5.74, 6) is 1.18. The SMILES string of the molecule is CC(C)C1=C[C@@H]2C[C@@]3(C=O)[C@H]4CC[C@H](C)[C@@H]4C[C@]2(COCCCO)[C@@]13C(=O)OCc1ccccc1. The van der Waals surface area contributed by atoms with Gasteiger partial charge in [-0.05, 0) is 60.8 Å². The number of aliphatic hydroxyl groups is 1. The predicted octanol–water partition coefficient (Wildman–Crippen LogP) is 4.97. The highest BCUT2D eigenvalue weighted by Crippen LogP contribution is 2.82. The van der Waals surface area contributed by atoms with Gasteiger partial charge < -0.3 is 19.4 Å². The van der Waals surface area contributed by atoms with Gasteiger partial charge in [0.1, 0.15) is 18.3 Å². The van der Waals surface area contributed by atoms with Crippen molar-refractivity contribution in [3.8, 4) is 0 Å². The van der Waals surface area contributed by atoms with Crippen LogP contribution < -0.4 is 0 Å². The van der Waals surface area contributed by atoms with Crippen molar-refractivity contribution in [1.29, 1.82) is 0 Å². The first-order chi connectivity index (χ1) is 16.9.